The largest absolute Gasteiger partial charge is 0.310 e. The summed E-state index contributed by atoms with van der Waals surface area (Å²) in [5.41, 5.74) is 8.00. The normalized spacial score (nSPS) is 11.6. The second-order valence-corrected chi connectivity index (χ2v) is 13.8. The second kappa shape index (κ2) is 11.7. The van der Waals surface area contributed by atoms with Gasteiger partial charge in [0.1, 0.15) is 5.01 Å². The number of aromatic nitrogens is 1. The molecule has 0 spiro atoms. The third kappa shape index (κ3) is 4.82. The fourth-order valence-electron chi connectivity index (χ4n) is 7.39. The summed E-state index contributed by atoms with van der Waals surface area (Å²) in [5.74, 6) is 0. The van der Waals surface area contributed by atoms with Gasteiger partial charge in [0.15, 0.2) is 0 Å². The lowest BCUT2D eigenvalue weighted by atomic mass is 9.98. The Morgan fingerprint density at radius 2 is 1.00 bits per heavy atom. The molecule has 0 saturated heterocycles. The maximum Gasteiger partial charge on any atom is 0.124 e. The van der Waals surface area contributed by atoms with E-state index in [2.05, 4.69) is 187 Å². The van der Waals surface area contributed by atoms with Crippen LogP contribution in [0.25, 0.3) is 75.0 Å². The van der Waals surface area contributed by atoms with Crippen LogP contribution in [-0.2, 0) is 0 Å². The van der Waals surface area contributed by atoms with Crippen LogP contribution in [0.15, 0.2) is 182 Å². The first-order valence-corrected chi connectivity index (χ1v) is 17.8. The first-order valence-electron chi connectivity index (χ1n) is 17.0. The monoisotopic (exact) mass is 654 g/mol. The van der Waals surface area contributed by atoms with Crippen molar-refractivity contribution >= 4 is 81.7 Å². The van der Waals surface area contributed by atoms with Gasteiger partial charge in [-0.25, -0.2) is 4.98 Å². The highest BCUT2D eigenvalue weighted by molar-refractivity contribution is 7.22. The summed E-state index contributed by atoms with van der Waals surface area (Å²) >= 11 is 1.78. The third-order valence-corrected chi connectivity index (χ3v) is 11.0. The van der Waals surface area contributed by atoms with Gasteiger partial charge < -0.3 is 4.90 Å². The lowest BCUT2D eigenvalue weighted by Gasteiger charge is -2.26. The maximum atomic E-state index is 5.10. The lowest BCUT2D eigenvalue weighted by Crippen LogP contribution is -2.09. The molecular formula is C47H30N2S. The predicted molar refractivity (Wildman–Crippen MR) is 215 cm³/mol. The van der Waals surface area contributed by atoms with E-state index in [-0.39, 0.29) is 0 Å². The fraction of sp³-hybridized carbons (Fsp3) is 0. The molecule has 1 heterocycles. The van der Waals surface area contributed by atoms with Crippen molar-refractivity contribution in [3.63, 3.8) is 0 Å². The minimum absolute atomic E-state index is 1.05. The first kappa shape index (κ1) is 28.7. The Hall–Kier alpha value is -6.29. The average molecular weight is 655 g/mol. The van der Waals surface area contributed by atoms with Crippen LogP contribution in [0.4, 0.5) is 17.1 Å². The van der Waals surface area contributed by atoms with Crippen LogP contribution >= 0.6 is 11.3 Å². The molecule has 0 radical (unpaired) electrons. The molecule has 0 bridgehead atoms. The molecule has 0 N–H and O–H groups in total. The van der Waals surface area contributed by atoms with Crippen molar-refractivity contribution in [3.05, 3.63) is 182 Å². The Balaban J connectivity index is 1.02. The Morgan fingerprint density at radius 1 is 0.380 bits per heavy atom. The zero-order chi connectivity index (χ0) is 33.0. The Bertz CT molecular complexity index is 2870. The van der Waals surface area contributed by atoms with Gasteiger partial charge in [0.05, 0.1) is 10.2 Å². The van der Waals surface area contributed by atoms with Gasteiger partial charge in [0.2, 0.25) is 0 Å². The maximum absolute atomic E-state index is 5.10. The van der Waals surface area contributed by atoms with Gasteiger partial charge in [-0.05, 0) is 97.4 Å². The molecule has 50 heavy (non-hydrogen) atoms. The van der Waals surface area contributed by atoms with E-state index in [1.165, 1.54) is 58.9 Å². The molecule has 0 amide bonds. The number of benzene rings is 9. The van der Waals surface area contributed by atoms with E-state index in [1.54, 1.807) is 11.3 Å². The molecule has 234 valence electrons. The highest BCUT2D eigenvalue weighted by Gasteiger charge is 2.15. The molecule has 10 rings (SSSR count). The molecule has 1 aromatic heterocycles. The van der Waals surface area contributed by atoms with E-state index in [0.29, 0.717) is 0 Å². The quantitative estimate of drug-likeness (QED) is 0.172. The van der Waals surface area contributed by atoms with Gasteiger partial charge in [-0.2, -0.15) is 0 Å². The van der Waals surface area contributed by atoms with Gasteiger partial charge in [-0.15, -0.1) is 11.3 Å². The zero-order valence-electron chi connectivity index (χ0n) is 27.1. The first-order chi connectivity index (χ1) is 24.8. The summed E-state index contributed by atoms with van der Waals surface area (Å²) in [6.07, 6.45) is 0. The minimum atomic E-state index is 1.05. The number of rotatable bonds is 5. The highest BCUT2D eigenvalue weighted by atomic mass is 32.1. The number of para-hydroxylation sites is 1. The van der Waals surface area contributed by atoms with Crippen LogP contribution in [0, 0.1) is 0 Å². The summed E-state index contributed by atoms with van der Waals surface area (Å²) in [5, 5.41) is 11.1. The van der Waals surface area contributed by atoms with E-state index in [1.807, 2.05) is 0 Å². The Labute approximate surface area is 294 Å². The lowest BCUT2D eigenvalue weighted by molar-refractivity contribution is 1.29. The summed E-state index contributed by atoms with van der Waals surface area (Å²) in [6.45, 7) is 0. The van der Waals surface area contributed by atoms with E-state index < -0.39 is 0 Å². The van der Waals surface area contributed by atoms with Crippen molar-refractivity contribution in [3.8, 4) is 21.7 Å². The van der Waals surface area contributed by atoms with Crippen LogP contribution in [0.1, 0.15) is 0 Å². The summed E-state index contributed by atoms with van der Waals surface area (Å²) in [7, 11) is 0. The van der Waals surface area contributed by atoms with Crippen LogP contribution < -0.4 is 4.90 Å². The molecule has 2 nitrogen and oxygen atoms in total. The molecule has 3 heteroatoms. The standard InChI is InChI=1S/C47H30N2S/c1-2-12-37(13-3-1)49(38-23-19-33(20-24-38)41-16-8-11-31-9-4-6-14-40(31)41)39-25-21-34-29-36(18-17-35(34)30-39)47-48-45-28-27-43-42-15-7-5-10-32(42)22-26-44(43)46(45)50-47/h1-30H. The molecule has 0 fully saturated rings. The third-order valence-electron chi connectivity index (χ3n) is 9.85. The second-order valence-electron chi connectivity index (χ2n) is 12.8. The summed E-state index contributed by atoms with van der Waals surface area (Å²) < 4.78 is 1.24. The number of anilines is 3. The number of nitrogens with zero attached hydrogens (tertiary/aromatic N) is 2. The summed E-state index contributed by atoms with van der Waals surface area (Å²) in [4.78, 5) is 7.44. The molecule has 10 aromatic rings. The minimum Gasteiger partial charge on any atom is -0.310 e. The van der Waals surface area contributed by atoms with Crippen LogP contribution in [0.3, 0.4) is 0 Å². The number of hydrogen-bond acceptors (Lipinski definition) is 3. The zero-order valence-corrected chi connectivity index (χ0v) is 27.9. The van der Waals surface area contributed by atoms with E-state index >= 15 is 0 Å². The van der Waals surface area contributed by atoms with Crippen LogP contribution in [-0.4, -0.2) is 4.98 Å². The van der Waals surface area contributed by atoms with E-state index in [9.17, 15) is 0 Å². The molecule has 0 atom stereocenters. The topological polar surface area (TPSA) is 16.1 Å². The van der Waals surface area contributed by atoms with E-state index in [0.717, 1.165) is 33.1 Å². The predicted octanol–water partition coefficient (Wildman–Crippen LogP) is 13.7. The highest BCUT2D eigenvalue weighted by Crippen LogP contribution is 2.40. The molecule has 0 aliphatic carbocycles. The molecule has 9 aromatic carbocycles. The van der Waals surface area contributed by atoms with Crippen LogP contribution in [0.2, 0.25) is 0 Å². The number of hydrogen-bond donors (Lipinski definition) is 0. The fourth-order valence-corrected chi connectivity index (χ4v) is 8.48. The van der Waals surface area contributed by atoms with E-state index in [4.69, 9.17) is 4.98 Å². The van der Waals surface area contributed by atoms with Crippen molar-refractivity contribution in [2.24, 2.45) is 0 Å². The van der Waals surface area contributed by atoms with Gasteiger partial charge in [0.25, 0.3) is 0 Å². The molecule has 0 saturated carbocycles. The molecule has 0 unspecified atom stereocenters. The van der Waals surface area contributed by atoms with Crippen molar-refractivity contribution in [1.29, 1.82) is 0 Å². The average Bonchev–Trinajstić information content (AvgIpc) is 3.63. The van der Waals surface area contributed by atoms with Crippen LogP contribution in [0.5, 0.6) is 0 Å². The SMILES string of the molecule is c1ccc(N(c2ccc(-c3cccc4ccccc34)cc2)c2ccc3cc(-c4nc5ccc6c7ccccc7ccc6c5s4)ccc3c2)cc1. The van der Waals surface area contributed by atoms with Crippen molar-refractivity contribution in [2.75, 3.05) is 4.90 Å². The molecule has 0 aliphatic heterocycles. The molecule has 0 aliphatic rings. The van der Waals surface area contributed by atoms with Gasteiger partial charge in [-0.1, -0.05) is 133 Å². The summed E-state index contributed by atoms with van der Waals surface area (Å²) in [6, 6.07) is 65.7. The van der Waals surface area contributed by atoms with Crippen molar-refractivity contribution in [2.45, 2.75) is 0 Å². The van der Waals surface area contributed by atoms with Crippen molar-refractivity contribution in [1.82, 2.24) is 4.98 Å². The number of fused-ring (bicyclic) bond motifs is 7. The molecular weight excluding hydrogens is 625 g/mol. The van der Waals surface area contributed by atoms with Crippen molar-refractivity contribution < 1.29 is 0 Å². The number of thiazole rings is 1. The van der Waals surface area contributed by atoms with Gasteiger partial charge in [-0.3, -0.25) is 0 Å². The smallest absolute Gasteiger partial charge is 0.124 e. The Kier molecular flexibility index (Phi) is 6.71. The Morgan fingerprint density at radius 3 is 1.86 bits per heavy atom. The van der Waals surface area contributed by atoms with Gasteiger partial charge >= 0.3 is 0 Å². The van der Waals surface area contributed by atoms with Gasteiger partial charge in [0, 0.05) is 28.0 Å².